The SMILES string of the molecule is O=C(C1CC1)N1CCc2[nH]cnc2[C@H]1c1cc2ccccc2nn1. The third kappa shape index (κ3) is 2.10. The van der Waals surface area contributed by atoms with Crippen molar-refractivity contribution in [2.24, 2.45) is 5.92 Å². The van der Waals surface area contributed by atoms with Crippen LogP contribution >= 0.6 is 0 Å². The van der Waals surface area contributed by atoms with E-state index in [1.807, 2.05) is 35.2 Å². The quantitative estimate of drug-likeness (QED) is 0.786. The van der Waals surface area contributed by atoms with E-state index < -0.39 is 0 Å². The fourth-order valence-electron chi connectivity index (χ4n) is 3.51. The number of hydrogen-bond acceptors (Lipinski definition) is 4. The van der Waals surface area contributed by atoms with Gasteiger partial charge in [-0.3, -0.25) is 4.79 Å². The van der Waals surface area contributed by atoms with Crippen molar-refractivity contribution in [1.82, 2.24) is 25.1 Å². The van der Waals surface area contributed by atoms with E-state index in [1.54, 1.807) is 6.33 Å². The van der Waals surface area contributed by atoms with Gasteiger partial charge in [0.25, 0.3) is 0 Å². The summed E-state index contributed by atoms with van der Waals surface area (Å²) in [6.07, 6.45) is 4.51. The molecule has 3 aromatic rings. The second-order valence-electron chi connectivity index (χ2n) is 6.55. The summed E-state index contributed by atoms with van der Waals surface area (Å²) in [6, 6.07) is 9.69. The van der Waals surface area contributed by atoms with Gasteiger partial charge in [0.2, 0.25) is 5.91 Å². The fraction of sp³-hybridized carbons (Fsp3) is 0.333. The van der Waals surface area contributed by atoms with Crippen molar-refractivity contribution < 1.29 is 4.79 Å². The first-order valence-electron chi connectivity index (χ1n) is 8.36. The third-order valence-corrected chi connectivity index (χ3v) is 4.93. The number of benzene rings is 1. The number of amides is 1. The number of fused-ring (bicyclic) bond motifs is 2. The molecule has 120 valence electrons. The average molecular weight is 319 g/mol. The summed E-state index contributed by atoms with van der Waals surface area (Å²) < 4.78 is 0. The van der Waals surface area contributed by atoms with Crippen LogP contribution in [0, 0.1) is 5.92 Å². The molecule has 1 aromatic carbocycles. The molecule has 0 spiro atoms. The van der Waals surface area contributed by atoms with Crippen molar-refractivity contribution in [2.75, 3.05) is 6.54 Å². The Bertz CT molecular complexity index is 930. The zero-order chi connectivity index (χ0) is 16.1. The van der Waals surface area contributed by atoms with Crippen LogP contribution in [0.1, 0.15) is 36.0 Å². The molecule has 1 fully saturated rings. The van der Waals surface area contributed by atoms with Crippen LogP contribution in [0.15, 0.2) is 36.7 Å². The molecular weight excluding hydrogens is 302 g/mol. The lowest BCUT2D eigenvalue weighted by Crippen LogP contribution is -2.42. The molecule has 1 N–H and O–H groups in total. The molecule has 0 bridgehead atoms. The number of aromatic nitrogens is 4. The Morgan fingerprint density at radius 3 is 2.96 bits per heavy atom. The summed E-state index contributed by atoms with van der Waals surface area (Å²) >= 11 is 0. The maximum absolute atomic E-state index is 12.8. The molecule has 6 heteroatoms. The largest absolute Gasteiger partial charge is 0.348 e. The lowest BCUT2D eigenvalue weighted by molar-refractivity contribution is -0.134. The molecule has 2 aromatic heterocycles. The lowest BCUT2D eigenvalue weighted by atomic mass is 9.98. The van der Waals surface area contributed by atoms with Gasteiger partial charge in [-0.2, -0.15) is 10.2 Å². The highest BCUT2D eigenvalue weighted by atomic mass is 16.2. The molecule has 1 amide bonds. The Kier molecular flexibility index (Phi) is 2.92. The highest BCUT2D eigenvalue weighted by Gasteiger charge is 2.41. The molecule has 0 radical (unpaired) electrons. The summed E-state index contributed by atoms with van der Waals surface area (Å²) in [4.78, 5) is 22.4. The van der Waals surface area contributed by atoms with Crippen LogP contribution in [0.3, 0.4) is 0 Å². The van der Waals surface area contributed by atoms with Crippen LogP contribution in [0.5, 0.6) is 0 Å². The van der Waals surface area contributed by atoms with Gasteiger partial charge in [0.1, 0.15) is 6.04 Å². The van der Waals surface area contributed by atoms with Gasteiger partial charge in [0.05, 0.1) is 23.2 Å². The normalized spacial score (nSPS) is 20.2. The van der Waals surface area contributed by atoms with Crippen LogP contribution in [0.2, 0.25) is 0 Å². The Hall–Kier alpha value is -2.76. The number of H-pyrrole nitrogens is 1. The maximum Gasteiger partial charge on any atom is 0.226 e. The maximum atomic E-state index is 12.8. The van der Waals surface area contributed by atoms with Gasteiger partial charge >= 0.3 is 0 Å². The van der Waals surface area contributed by atoms with Crippen LogP contribution in [0.25, 0.3) is 10.9 Å². The van der Waals surface area contributed by atoms with Crippen molar-refractivity contribution in [2.45, 2.75) is 25.3 Å². The van der Waals surface area contributed by atoms with E-state index in [0.717, 1.165) is 47.2 Å². The molecule has 1 aliphatic carbocycles. The Balaban J connectivity index is 1.64. The average Bonchev–Trinajstić information content (AvgIpc) is 3.37. The van der Waals surface area contributed by atoms with E-state index >= 15 is 0 Å². The standard InChI is InChI=1S/C18H17N5O/c24-18(11-5-6-11)23-8-7-14-16(20-10-19-14)17(23)15-9-12-3-1-2-4-13(12)21-22-15/h1-4,9-11,17H,5-8H2,(H,19,20)/t17-/m1/s1. The summed E-state index contributed by atoms with van der Waals surface area (Å²) in [5.41, 5.74) is 3.64. The number of aromatic amines is 1. The van der Waals surface area contributed by atoms with E-state index in [9.17, 15) is 4.79 Å². The summed E-state index contributed by atoms with van der Waals surface area (Å²) in [5, 5.41) is 9.80. The highest BCUT2D eigenvalue weighted by molar-refractivity contribution is 5.83. The van der Waals surface area contributed by atoms with Gasteiger partial charge in [-0.1, -0.05) is 18.2 Å². The minimum atomic E-state index is -0.245. The Morgan fingerprint density at radius 2 is 2.08 bits per heavy atom. The molecule has 0 saturated heterocycles. The number of hydrogen-bond donors (Lipinski definition) is 1. The topological polar surface area (TPSA) is 74.8 Å². The third-order valence-electron chi connectivity index (χ3n) is 4.93. The van der Waals surface area contributed by atoms with E-state index in [0.29, 0.717) is 6.54 Å². The van der Waals surface area contributed by atoms with E-state index in [2.05, 4.69) is 20.2 Å². The second-order valence-corrected chi connectivity index (χ2v) is 6.55. The van der Waals surface area contributed by atoms with E-state index in [-0.39, 0.29) is 17.9 Å². The van der Waals surface area contributed by atoms with Gasteiger partial charge in [-0.25, -0.2) is 4.98 Å². The van der Waals surface area contributed by atoms with Crippen molar-refractivity contribution in [1.29, 1.82) is 0 Å². The Labute approximate surface area is 138 Å². The van der Waals surface area contributed by atoms with Crippen LogP contribution in [-0.4, -0.2) is 37.5 Å². The molecular formula is C18H17N5O. The molecule has 1 aliphatic heterocycles. The highest BCUT2D eigenvalue weighted by Crippen LogP contribution is 2.38. The first kappa shape index (κ1) is 13.7. The van der Waals surface area contributed by atoms with Gasteiger partial charge < -0.3 is 9.88 Å². The van der Waals surface area contributed by atoms with Crippen molar-refractivity contribution in [3.63, 3.8) is 0 Å². The number of imidazole rings is 1. The summed E-state index contributed by atoms with van der Waals surface area (Å²) in [5.74, 6) is 0.407. The number of carbonyl (C=O) groups excluding carboxylic acids is 1. The zero-order valence-corrected chi connectivity index (χ0v) is 13.1. The first-order valence-corrected chi connectivity index (χ1v) is 8.36. The number of nitrogens with zero attached hydrogens (tertiary/aromatic N) is 4. The fourth-order valence-corrected chi connectivity index (χ4v) is 3.51. The minimum Gasteiger partial charge on any atom is -0.348 e. The molecule has 1 atom stereocenters. The summed E-state index contributed by atoms with van der Waals surface area (Å²) in [6.45, 7) is 0.698. The van der Waals surface area contributed by atoms with Crippen LogP contribution < -0.4 is 0 Å². The molecule has 3 heterocycles. The zero-order valence-electron chi connectivity index (χ0n) is 13.1. The van der Waals surface area contributed by atoms with Crippen molar-refractivity contribution >= 4 is 16.8 Å². The summed E-state index contributed by atoms with van der Waals surface area (Å²) in [7, 11) is 0. The van der Waals surface area contributed by atoms with Crippen molar-refractivity contribution in [3.05, 3.63) is 53.7 Å². The molecule has 2 aliphatic rings. The van der Waals surface area contributed by atoms with E-state index in [1.165, 1.54) is 0 Å². The van der Waals surface area contributed by atoms with E-state index in [4.69, 9.17) is 0 Å². The predicted octanol–water partition coefficient (Wildman–Crippen LogP) is 2.24. The lowest BCUT2D eigenvalue weighted by Gasteiger charge is -2.34. The number of carbonyl (C=O) groups is 1. The Morgan fingerprint density at radius 1 is 1.21 bits per heavy atom. The molecule has 5 rings (SSSR count). The molecule has 24 heavy (non-hydrogen) atoms. The number of nitrogens with one attached hydrogen (secondary N) is 1. The van der Waals surface area contributed by atoms with Crippen molar-refractivity contribution in [3.8, 4) is 0 Å². The van der Waals surface area contributed by atoms with Gasteiger partial charge in [0.15, 0.2) is 0 Å². The monoisotopic (exact) mass is 319 g/mol. The van der Waals surface area contributed by atoms with Crippen LogP contribution in [-0.2, 0) is 11.2 Å². The van der Waals surface area contributed by atoms with Crippen LogP contribution in [0.4, 0.5) is 0 Å². The molecule has 1 saturated carbocycles. The predicted molar refractivity (Wildman–Crippen MR) is 88.1 cm³/mol. The molecule has 0 unspecified atom stereocenters. The van der Waals surface area contributed by atoms with Gasteiger partial charge in [-0.15, -0.1) is 0 Å². The minimum absolute atomic E-state index is 0.182. The number of rotatable bonds is 2. The second kappa shape index (κ2) is 5.12. The first-order chi connectivity index (χ1) is 11.8. The van der Waals surface area contributed by atoms with Gasteiger partial charge in [0, 0.05) is 30.0 Å². The smallest absolute Gasteiger partial charge is 0.226 e. The van der Waals surface area contributed by atoms with Gasteiger partial charge in [-0.05, 0) is 25.0 Å². The molecule has 6 nitrogen and oxygen atoms in total.